The standard InChI is InChI=1S/C21H15FN2O3/c1-26-15-9-10-19-18(12-15)24-21(27-19)13-5-4-6-14(11-13)23-20(25)16-7-2-3-8-17(16)22/h2-12H,1H3,(H,23,25). The minimum Gasteiger partial charge on any atom is -0.497 e. The summed E-state index contributed by atoms with van der Waals surface area (Å²) in [5, 5.41) is 2.69. The largest absolute Gasteiger partial charge is 0.497 e. The van der Waals surface area contributed by atoms with Crippen LogP contribution >= 0.6 is 0 Å². The second kappa shape index (κ2) is 6.92. The lowest BCUT2D eigenvalue weighted by Gasteiger charge is -2.07. The third kappa shape index (κ3) is 3.37. The van der Waals surface area contributed by atoms with Gasteiger partial charge in [-0.1, -0.05) is 18.2 Å². The predicted octanol–water partition coefficient (Wildman–Crippen LogP) is 4.89. The van der Waals surface area contributed by atoms with Crippen molar-refractivity contribution >= 4 is 22.7 Å². The lowest BCUT2D eigenvalue weighted by atomic mass is 10.1. The second-order valence-electron chi connectivity index (χ2n) is 5.87. The Bertz CT molecular complexity index is 1140. The maximum atomic E-state index is 13.8. The highest BCUT2D eigenvalue weighted by molar-refractivity contribution is 6.04. The van der Waals surface area contributed by atoms with Crippen LogP contribution in [0.3, 0.4) is 0 Å². The molecule has 0 spiro atoms. The van der Waals surface area contributed by atoms with Crippen molar-refractivity contribution < 1.29 is 18.3 Å². The molecule has 0 atom stereocenters. The van der Waals surface area contributed by atoms with Gasteiger partial charge in [0.15, 0.2) is 5.58 Å². The Hall–Kier alpha value is -3.67. The van der Waals surface area contributed by atoms with Gasteiger partial charge in [0.2, 0.25) is 5.89 Å². The molecule has 4 rings (SSSR count). The number of nitrogens with one attached hydrogen (secondary N) is 1. The maximum absolute atomic E-state index is 13.8. The van der Waals surface area contributed by atoms with Gasteiger partial charge >= 0.3 is 0 Å². The normalized spacial score (nSPS) is 10.7. The van der Waals surface area contributed by atoms with Gasteiger partial charge in [0.05, 0.1) is 12.7 Å². The molecular formula is C21H15FN2O3. The number of anilines is 1. The quantitative estimate of drug-likeness (QED) is 0.561. The van der Waals surface area contributed by atoms with Crippen molar-refractivity contribution in [1.82, 2.24) is 4.98 Å². The van der Waals surface area contributed by atoms with Crippen molar-refractivity contribution in [2.75, 3.05) is 12.4 Å². The van der Waals surface area contributed by atoms with Gasteiger partial charge in [-0.2, -0.15) is 0 Å². The molecule has 1 aromatic heterocycles. The Kier molecular flexibility index (Phi) is 4.30. The van der Waals surface area contributed by atoms with Gasteiger partial charge in [-0.3, -0.25) is 4.79 Å². The summed E-state index contributed by atoms with van der Waals surface area (Å²) in [5.41, 5.74) is 2.49. The van der Waals surface area contributed by atoms with E-state index in [9.17, 15) is 9.18 Å². The summed E-state index contributed by atoms with van der Waals surface area (Å²) in [6, 6.07) is 18.2. The van der Waals surface area contributed by atoms with Crippen LogP contribution in [-0.2, 0) is 0 Å². The molecule has 0 saturated heterocycles. The molecule has 0 saturated carbocycles. The summed E-state index contributed by atoms with van der Waals surface area (Å²) < 4.78 is 24.7. The number of aromatic nitrogens is 1. The number of methoxy groups -OCH3 is 1. The minimum absolute atomic E-state index is 0.0168. The second-order valence-corrected chi connectivity index (χ2v) is 5.87. The molecule has 3 aromatic carbocycles. The van der Waals surface area contributed by atoms with Gasteiger partial charge in [0, 0.05) is 17.3 Å². The van der Waals surface area contributed by atoms with Crippen molar-refractivity contribution in [3.63, 3.8) is 0 Å². The smallest absolute Gasteiger partial charge is 0.258 e. The lowest BCUT2D eigenvalue weighted by molar-refractivity contribution is 0.102. The lowest BCUT2D eigenvalue weighted by Crippen LogP contribution is -2.13. The van der Waals surface area contributed by atoms with E-state index in [1.165, 1.54) is 18.2 Å². The molecule has 0 aliphatic heterocycles. The summed E-state index contributed by atoms with van der Waals surface area (Å²) in [4.78, 5) is 16.8. The van der Waals surface area contributed by atoms with Crippen LogP contribution in [0.4, 0.5) is 10.1 Å². The van der Waals surface area contributed by atoms with Crippen molar-refractivity contribution in [3.05, 3.63) is 78.1 Å². The Labute approximate surface area is 154 Å². The number of oxazole rings is 1. The number of rotatable bonds is 4. The van der Waals surface area contributed by atoms with E-state index in [-0.39, 0.29) is 5.56 Å². The Balaban J connectivity index is 1.63. The zero-order chi connectivity index (χ0) is 18.8. The number of benzene rings is 3. The highest BCUT2D eigenvalue weighted by Gasteiger charge is 2.13. The Morgan fingerprint density at radius 1 is 1.07 bits per heavy atom. The molecule has 1 N–H and O–H groups in total. The van der Waals surface area contributed by atoms with Gasteiger partial charge in [-0.05, 0) is 42.5 Å². The van der Waals surface area contributed by atoms with Crippen LogP contribution in [0.2, 0.25) is 0 Å². The third-order valence-corrected chi connectivity index (χ3v) is 4.08. The summed E-state index contributed by atoms with van der Waals surface area (Å²) in [7, 11) is 1.59. The van der Waals surface area contributed by atoms with Gasteiger partial charge < -0.3 is 14.5 Å². The number of nitrogens with zero attached hydrogens (tertiary/aromatic N) is 1. The number of hydrogen-bond acceptors (Lipinski definition) is 4. The van der Waals surface area contributed by atoms with Gasteiger partial charge in [0.25, 0.3) is 5.91 Å². The molecule has 134 valence electrons. The number of ether oxygens (including phenoxy) is 1. The van der Waals surface area contributed by atoms with Crippen LogP contribution < -0.4 is 10.1 Å². The fourth-order valence-electron chi connectivity index (χ4n) is 2.73. The van der Waals surface area contributed by atoms with Gasteiger partial charge in [-0.15, -0.1) is 0 Å². The van der Waals surface area contributed by atoms with Crippen molar-refractivity contribution in [1.29, 1.82) is 0 Å². The van der Waals surface area contributed by atoms with Crippen LogP contribution in [0, 0.1) is 5.82 Å². The number of halogens is 1. The van der Waals surface area contributed by atoms with E-state index in [1.54, 1.807) is 49.6 Å². The average molecular weight is 362 g/mol. The highest BCUT2D eigenvalue weighted by atomic mass is 19.1. The van der Waals surface area contributed by atoms with Crippen LogP contribution in [0.25, 0.3) is 22.6 Å². The van der Waals surface area contributed by atoms with E-state index in [2.05, 4.69) is 10.3 Å². The predicted molar refractivity (Wildman–Crippen MR) is 100 cm³/mol. The van der Waals surface area contributed by atoms with E-state index >= 15 is 0 Å². The van der Waals surface area contributed by atoms with E-state index in [0.717, 1.165) is 0 Å². The molecule has 5 nitrogen and oxygen atoms in total. The van der Waals surface area contributed by atoms with Crippen LogP contribution in [0.15, 0.2) is 71.1 Å². The molecule has 0 unspecified atom stereocenters. The van der Waals surface area contributed by atoms with Gasteiger partial charge in [0.1, 0.15) is 17.1 Å². The van der Waals surface area contributed by atoms with E-state index in [4.69, 9.17) is 9.15 Å². The summed E-state index contributed by atoms with van der Waals surface area (Å²) in [6.45, 7) is 0. The highest BCUT2D eigenvalue weighted by Crippen LogP contribution is 2.28. The zero-order valence-corrected chi connectivity index (χ0v) is 14.4. The molecule has 1 heterocycles. The fourth-order valence-corrected chi connectivity index (χ4v) is 2.73. The van der Waals surface area contributed by atoms with Crippen LogP contribution in [0.5, 0.6) is 5.75 Å². The molecule has 0 aliphatic carbocycles. The number of carbonyl (C=O) groups is 1. The first-order valence-corrected chi connectivity index (χ1v) is 8.25. The SMILES string of the molecule is COc1ccc2oc(-c3cccc(NC(=O)c4ccccc4F)c3)nc2c1. The van der Waals surface area contributed by atoms with Crippen LogP contribution in [0.1, 0.15) is 10.4 Å². The molecule has 0 radical (unpaired) electrons. The summed E-state index contributed by atoms with van der Waals surface area (Å²) >= 11 is 0. The minimum atomic E-state index is -0.570. The first-order valence-electron chi connectivity index (χ1n) is 8.25. The van der Waals surface area contributed by atoms with Crippen molar-refractivity contribution in [2.45, 2.75) is 0 Å². The van der Waals surface area contributed by atoms with E-state index in [1.807, 2.05) is 6.07 Å². The number of amides is 1. The van der Waals surface area contributed by atoms with Crippen molar-refractivity contribution in [3.8, 4) is 17.2 Å². The van der Waals surface area contributed by atoms with Gasteiger partial charge in [-0.25, -0.2) is 9.37 Å². The monoisotopic (exact) mass is 362 g/mol. The average Bonchev–Trinajstić information content (AvgIpc) is 3.11. The zero-order valence-electron chi connectivity index (χ0n) is 14.4. The van der Waals surface area contributed by atoms with Crippen molar-refractivity contribution in [2.24, 2.45) is 0 Å². The number of carbonyl (C=O) groups excluding carboxylic acids is 1. The Morgan fingerprint density at radius 2 is 1.93 bits per heavy atom. The number of hydrogen-bond donors (Lipinski definition) is 1. The first-order chi connectivity index (χ1) is 13.1. The molecule has 4 aromatic rings. The summed E-state index contributed by atoms with van der Waals surface area (Å²) in [5.74, 6) is 0.0140. The third-order valence-electron chi connectivity index (χ3n) is 4.08. The molecule has 0 aliphatic rings. The topological polar surface area (TPSA) is 64.4 Å². The summed E-state index contributed by atoms with van der Waals surface area (Å²) in [6.07, 6.45) is 0. The number of fused-ring (bicyclic) bond motifs is 1. The van der Waals surface area contributed by atoms with Crippen LogP contribution in [-0.4, -0.2) is 18.0 Å². The molecule has 6 heteroatoms. The fraction of sp³-hybridized carbons (Fsp3) is 0.0476. The molecule has 0 fully saturated rings. The van der Waals surface area contributed by atoms with E-state index in [0.29, 0.717) is 34.0 Å². The maximum Gasteiger partial charge on any atom is 0.258 e. The molecular weight excluding hydrogens is 347 g/mol. The molecule has 1 amide bonds. The van der Waals surface area contributed by atoms with E-state index < -0.39 is 11.7 Å². The molecule has 27 heavy (non-hydrogen) atoms. The molecule has 0 bridgehead atoms. The first kappa shape index (κ1) is 16.8. The Morgan fingerprint density at radius 3 is 2.74 bits per heavy atom.